The zero-order valence-electron chi connectivity index (χ0n) is 10.7. The van der Waals surface area contributed by atoms with E-state index in [2.05, 4.69) is 5.32 Å². The summed E-state index contributed by atoms with van der Waals surface area (Å²) in [7, 11) is 1.76. The Morgan fingerprint density at radius 2 is 2.00 bits per heavy atom. The SMILES string of the molecule is CCOC(=O)CNC(=O)N(C)CC1CCCC1. The predicted octanol–water partition coefficient (Wildman–Crippen LogP) is 1.38. The minimum Gasteiger partial charge on any atom is -0.465 e. The zero-order chi connectivity index (χ0) is 12.7. The number of ether oxygens (including phenoxy) is 1. The van der Waals surface area contributed by atoms with Gasteiger partial charge in [0.2, 0.25) is 0 Å². The Morgan fingerprint density at radius 3 is 2.59 bits per heavy atom. The smallest absolute Gasteiger partial charge is 0.325 e. The Labute approximate surface area is 102 Å². The number of carbonyl (C=O) groups excluding carboxylic acids is 2. The molecular weight excluding hydrogens is 220 g/mol. The van der Waals surface area contributed by atoms with Crippen LogP contribution in [0.2, 0.25) is 0 Å². The molecule has 98 valence electrons. The summed E-state index contributed by atoms with van der Waals surface area (Å²) in [5.41, 5.74) is 0. The molecule has 0 aromatic rings. The van der Waals surface area contributed by atoms with Gasteiger partial charge in [-0.15, -0.1) is 0 Å². The molecule has 0 radical (unpaired) electrons. The quantitative estimate of drug-likeness (QED) is 0.741. The van der Waals surface area contributed by atoms with Gasteiger partial charge < -0.3 is 15.0 Å². The first-order chi connectivity index (χ1) is 8.13. The Morgan fingerprint density at radius 1 is 1.35 bits per heavy atom. The number of rotatable bonds is 5. The summed E-state index contributed by atoms with van der Waals surface area (Å²) in [6.07, 6.45) is 4.94. The van der Waals surface area contributed by atoms with Crippen LogP contribution in [0.3, 0.4) is 0 Å². The maximum Gasteiger partial charge on any atom is 0.325 e. The number of hydrogen-bond acceptors (Lipinski definition) is 3. The van der Waals surface area contributed by atoms with Crippen LogP contribution in [-0.4, -0.2) is 43.6 Å². The van der Waals surface area contributed by atoms with Gasteiger partial charge in [-0.25, -0.2) is 4.79 Å². The lowest BCUT2D eigenvalue weighted by molar-refractivity contribution is -0.141. The van der Waals surface area contributed by atoms with Gasteiger partial charge in [-0.2, -0.15) is 0 Å². The molecule has 0 aromatic heterocycles. The average molecular weight is 242 g/mol. The van der Waals surface area contributed by atoms with Crippen molar-refractivity contribution in [2.24, 2.45) is 5.92 Å². The van der Waals surface area contributed by atoms with E-state index in [1.165, 1.54) is 25.7 Å². The van der Waals surface area contributed by atoms with E-state index in [1.54, 1.807) is 18.9 Å². The molecule has 0 unspecified atom stereocenters. The molecule has 0 aromatic carbocycles. The minimum absolute atomic E-state index is 0.0539. The van der Waals surface area contributed by atoms with Crippen molar-refractivity contribution < 1.29 is 14.3 Å². The number of hydrogen-bond donors (Lipinski definition) is 1. The fourth-order valence-electron chi connectivity index (χ4n) is 2.16. The highest BCUT2D eigenvalue weighted by atomic mass is 16.5. The van der Waals surface area contributed by atoms with Gasteiger partial charge in [0.15, 0.2) is 0 Å². The lowest BCUT2D eigenvalue weighted by Gasteiger charge is -2.21. The van der Waals surface area contributed by atoms with Gasteiger partial charge in [-0.05, 0) is 25.7 Å². The zero-order valence-corrected chi connectivity index (χ0v) is 10.7. The number of urea groups is 1. The molecule has 0 bridgehead atoms. The third-order valence-electron chi connectivity index (χ3n) is 3.04. The lowest BCUT2D eigenvalue weighted by Crippen LogP contribution is -2.42. The predicted molar refractivity (Wildman–Crippen MR) is 64.6 cm³/mol. The molecule has 2 amide bonds. The molecule has 0 spiro atoms. The van der Waals surface area contributed by atoms with E-state index in [9.17, 15) is 9.59 Å². The average Bonchev–Trinajstić information content (AvgIpc) is 2.79. The minimum atomic E-state index is -0.393. The van der Waals surface area contributed by atoms with Crippen molar-refractivity contribution in [1.29, 1.82) is 0 Å². The van der Waals surface area contributed by atoms with Crippen LogP contribution in [0.5, 0.6) is 0 Å². The van der Waals surface area contributed by atoms with Crippen LogP contribution in [0, 0.1) is 5.92 Å². The maximum atomic E-state index is 11.6. The Bertz CT molecular complexity index is 262. The van der Waals surface area contributed by atoms with Crippen LogP contribution < -0.4 is 5.32 Å². The molecule has 5 nitrogen and oxygen atoms in total. The van der Waals surface area contributed by atoms with E-state index in [0.29, 0.717) is 12.5 Å². The highest BCUT2D eigenvalue weighted by molar-refractivity contribution is 5.80. The first-order valence-corrected chi connectivity index (χ1v) is 6.28. The van der Waals surface area contributed by atoms with Crippen LogP contribution in [0.15, 0.2) is 0 Å². The maximum absolute atomic E-state index is 11.6. The number of nitrogens with one attached hydrogen (secondary N) is 1. The van der Waals surface area contributed by atoms with Crippen molar-refractivity contribution in [1.82, 2.24) is 10.2 Å². The van der Waals surface area contributed by atoms with Crippen molar-refractivity contribution in [3.63, 3.8) is 0 Å². The molecule has 17 heavy (non-hydrogen) atoms. The third-order valence-corrected chi connectivity index (χ3v) is 3.04. The van der Waals surface area contributed by atoms with Crippen molar-refractivity contribution in [2.75, 3.05) is 26.7 Å². The molecule has 0 saturated heterocycles. The summed E-state index contributed by atoms with van der Waals surface area (Å²) in [6, 6.07) is -0.204. The van der Waals surface area contributed by atoms with Crippen LogP contribution >= 0.6 is 0 Å². The molecule has 0 atom stereocenters. The summed E-state index contributed by atoms with van der Waals surface area (Å²) in [5.74, 6) is 0.225. The molecule has 0 heterocycles. The Balaban J connectivity index is 2.19. The first-order valence-electron chi connectivity index (χ1n) is 6.28. The summed E-state index contributed by atoms with van der Waals surface area (Å²) >= 11 is 0. The fourth-order valence-corrected chi connectivity index (χ4v) is 2.16. The van der Waals surface area contributed by atoms with Crippen molar-refractivity contribution in [3.05, 3.63) is 0 Å². The standard InChI is InChI=1S/C12H22N2O3/c1-3-17-11(15)8-13-12(16)14(2)9-10-6-4-5-7-10/h10H,3-9H2,1-2H3,(H,13,16). The molecule has 1 fully saturated rings. The molecule has 1 aliphatic rings. The number of amides is 2. The van der Waals surface area contributed by atoms with Crippen LogP contribution in [0.4, 0.5) is 4.79 Å². The molecule has 1 saturated carbocycles. The molecule has 5 heteroatoms. The monoisotopic (exact) mass is 242 g/mol. The molecular formula is C12H22N2O3. The second kappa shape index (κ2) is 7.14. The van der Waals surface area contributed by atoms with Crippen molar-refractivity contribution in [2.45, 2.75) is 32.6 Å². The highest BCUT2D eigenvalue weighted by Gasteiger charge is 2.19. The van der Waals surface area contributed by atoms with E-state index in [1.807, 2.05) is 0 Å². The van der Waals surface area contributed by atoms with Gasteiger partial charge in [-0.1, -0.05) is 12.8 Å². The third kappa shape index (κ3) is 5.06. The summed E-state index contributed by atoms with van der Waals surface area (Å²) in [5, 5.41) is 2.55. The van der Waals surface area contributed by atoms with Crippen LogP contribution in [-0.2, 0) is 9.53 Å². The van der Waals surface area contributed by atoms with E-state index < -0.39 is 5.97 Å². The van der Waals surface area contributed by atoms with E-state index in [0.717, 1.165) is 6.54 Å². The fraction of sp³-hybridized carbons (Fsp3) is 0.833. The van der Waals surface area contributed by atoms with Gasteiger partial charge >= 0.3 is 12.0 Å². The lowest BCUT2D eigenvalue weighted by atomic mass is 10.1. The second-order valence-electron chi connectivity index (χ2n) is 4.49. The van der Waals surface area contributed by atoms with Crippen LogP contribution in [0.1, 0.15) is 32.6 Å². The van der Waals surface area contributed by atoms with E-state index in [-0.39, 0.29) is 12.6 Å². The largest absolute Gasteiger partial charge is 0.465 e. The number of carbonyl (C=O) groups is 2. The molecule has 1 N–H and O–H groups in total. The first kappa shape index (κ1) is 13.8. The van der Waals surface area contributed by atoms with E-state index in [4.69, 9.17) is 4.74 Å². The van der Waals surface area contributed by atoms with Crippen LogP contribution in [0.25, 0.3) is 0 Å². The number of esters is 1. The topological polar surface area (TPSA) is 58.6 Å². The van der Waals surface area contributed by atoms with Crippen molar-refractivity contribution in [3.8, 4) is 0 Å². The Hall–Kier alpha value is -1.26. The van der Waals surface area contributed by atoms with Crippen molar-refractivity contribution >= 4 is 12.0 Å². The molecule has 1 aliphatic carbocycles. The Kier molecular flexibility index (Phi) is 5.80. The van der Waals surface area contributed by atoms with E-state index >= 15 is 0 Å². The summed E-state index contributed by atoms with van der Waals surface area (Å²) in [4.78, 5) is 24.4. The summed E-state index contributed by atoms with van der Waals surface area (Å²) < 4.78 is 4.73. The van der Waals surface area contributed by atoms with Gasteiger partial charge in [0.05, 0.1) is 6.61 Å². The summed E-state index contributed by atoms with van der Waals surface area (Å²) in [6.45, 7) is 2.80. The number of nitrogens with zero attached hydrogens (tertiary/aromatic N) is 1. The second-order valence-corrected chi connectivity index (χ2v) is 4.49. The van der Waals surface area contributed by atoms with Gasteiger partial charge in [0.25, 0.3) is 0 Å². The molecule has 1 rings (SSSR count). The van der Waals surface area contributed by atoms with Gasteiger partial charge in [0.1, 0.15) is 6.54 Å². The normalized spacial score (nSPS) is 15.6. The van der Waals surface area contributed by atoms with Gasteiger partial charge in [0, 0.05) is 13.6 Å². The highest BCUT2D eigenvalue weighted by Crippen LogP contribution is 2.24. The molecule has 0 aliphatic heterocycles. The van der Waals surface area contributed by atoms with Gasteiger partial charge in [-0.3, -0.25) is 4.79 Å².